The summed E-state index contributed by atoms with van der Waals surface area (Å²) in [5, 5.41) is 10.5. The van der Waals surface area contributed by atoms with E-state index in [9.17, 15) is 10.1 Å². The maximum Gasteiger partial charge on any atom is 0.216 e. The van der Waals surface area contributed by atoms with Crippen LogP contribution < -0.4 is 0 Å². The Labute approximate surface area is 77.5 Å². The van der Waals surface area contributed by atoms with E-state index in [2.05, 4.69) is 0 Å². The lowest BCUT2D eigenvalue weighted by molar-refractivity contribution is -0.522. The summed E-state index contributed by atoms with van der Waals surface area (Å²) in [5.74, 6) is 0. The number of nitro groups is 1. The van der Waals surface area contributed by atoms with Gasteiger partial charge in [0.15, 0.2) is 0 Å². The van der Waals surface area contributed by atoms with Crippen LogP contribution in [-0.2, 0) is 6.42 Å². The SMILES string of the molecule is CCC(Cc1ccccc1)[N+](=O)[O-]. The predicted molar refractivity (Wildman–Crippen MR) is 51.2 cm³/mol. The number of rotatable bonds is 4. The summed E-state index contributed by atoms with van der Waals surface area (Å²) in [6.45, 7) is 1.84. The van der Waals surface area contributed by atoms with Crippen molar-refractivity contribution >= 4 is 0 Å². The van der Waals surface area contributed by atoms with Gasteiger partial charge < -0.3 is 0 Å². The van der Waals surface area contributed by atoms with Crippen LogP contribution in [0.4, 0.5) is 0 Å². The highest BCUT2D eigenvalue weighted by Gasteiger charge is 2.17. The van der Waals surface area contributed by atoms with E-state index in [0.29, 0.717) is 12.8 Å². The van der Waals surface area contributed by atoms with Gasteiger partial charge in [-0.2, -0.15) is 0 Å². The molecule has 1 aromatic carbocycles. The Kier molecular flexibility index (Phi) is 3.43. The minimum atomic E-state index is -0.442. The zero-order chi connectivity index (χ0) is 9.68. The standard InChI is InChI=1S/C10H13NO2/c1-2-10(11(12)13)8-9-6-4-3-5-7-9/h3-7,10H,2,8H2,1H3. The van der Waals surface area contributed by atoms with Crippen molar-refractivity contribution in [1.29, 1.82) is 0 Å². The second-order valence-corrected chi connectivity index (χ2v) is 3.04. The van der Waals surface area contributed by atoms with Crippen LogP contribution in [0.5, 0.6) is 0 Å². The van der Waals surface area contributed by atoms with Crippen molar-refractivity contribution in [3.63, 3.8) is 0 Å². The highest BCUT2D eigenvalue weighted by atomic mass is 16.6. The smallest absolute Gasteiger partial charge is 0.216 e. The van der Waals surface area contributed by atoms with Crippen molar-refractivity contribution in [3.05, 3.63) is 46.0 Å². The zero-order valence-corrected chi connectivity index (χ0v) is 7.64. The van der Waals surface area contributed by atoms with Gasteiger partial charge in [0, 0.05) is 17.8 Å². The molecule has 0 spiro atoms. The fourth-order valence-corrected chi connectivity index (χ4v) is 1.25. The maximum atomic E-state index is 10.5. The fraction of sp³-hybridized carbons (Fsp3) is 0.400. The van der Waals surface area contributed by atoms with Crippen molar-refractivity contribution in [1.82, 2.24) is 0 Å². The Morgan fingerprint density at radius 2 is 2.00 bits per heavy atom. The monoisotopic (exact) mass is 179 g/mol. The quantitative estimate of drug-likeness (QED) is 0.525. The Morgan fingerprint density at radius 3 is 2.46 bits per heavy atom. The topological polar surface area (TPSA) is 43.1 Å². The number of nitrogens with zero attached hydrogens (tertiary/aromatic N) is 1. The van der Waals surface area contributed by atoms with Gasteiger partial charge in [-0.15, -0.1) is 0 Å². The van der Waals surface area contributed by atoms with Gasteiger partial charge in [0.25, 0.3) is 0 Å². The Morgan fingerprint density at radius 1 is 1.38 bits per heavy atom. The molecule has 1 unspecified atom stereocenters. The first-order valence-electron chi connectivity index (χ1n) is 4.41. The molecule has 1 aromatic rings. The van der Waals surface area contributed by atoms with Gasteiger partial charge in [0.2, 0.25) is 6.04 Å². The van der Waals surface area contributed by atoms with Crippen molar-refractivity contribution in [3.8, 4) is 0 Å². The van der Waals surface area contributed by atoms with Crippen LogP contribution in [-0.4, -0.2) is 11.0 Å². The number of hydrogen-bond donors (Lipinski definition) is 0. The second kappa shape index (κ2) is 4.60. The molecule has 0 bridgehead atoms. The molecule has 70 valence electrons. The molecule has 13 heavy (non-hydrogen) atoms. The lowest BCUT2D eigenvalue weighted by Crippen LogP contribution is -2.20. The molecular formula is C10H13NO2. The van der Waals surface area contributed by atoms with Gasteiger partial charge >= 0.3 is 0 Å². The molecule has 0 heterocycles. The molecule has 0 amide bonds. The third-order valence-electron chi connectivity index (χ3n) is 2.08. The molecule has 0 saturated carbocycles. The van der Waals surface area contributed by atoms with Crippen LogP contribution >= 0.6 is 0 Å². The summed E-state index contributed by atoms with van der Waals surface area (Å²) < 4.78 is 0. The van der Waals surface area contributed by atoms with Crippen LogP contribution in [0, 0.1) is 10.1 Å². The van der Waals surface area contributed by atoms with E-state index in [0.717, 1.165) is 5.56 Å². The number of benzene rings is 1. The minimum absolute atomic E-state index is 0.201. The normalized spacial score (nSPS) is 12.4. The zero-order valence-electron chi connectivity index (χ0n) is 7.64. The second-order valence-electron chi connectivity index (χ2n) is 3.04. The van der Waals surface area contributed by atoms with Crippen molar-refractivity contribution in [2.24, 2.45) is 0 Å². The van der Waals surface area contributed by atoms with Gasteiger partial charge in [-0.3, -0.25) is 10.1 Å². The summed E-state index contributed by atoms with van der Waals surface area (Å²) in [4.78, 5) is 10.3. The molecular weight excluding hydrogens is 166 g/mol. The summed E-state index contributed by atoms with van der Waals surface area (Å²) in [6.07, 6.45) is 1.12. The fourth-order valence-electron chi connectivity index (χ4n) is 1.25. The van der Waals surface area contributed by atoms with Crippen LogP contribution in [0.25, 0.3) is 0 Å². The van der Waals surface area contributed by atoms with Crippen molar-refractivity contribution in [2.75, 3.05) is 0 Å². The van der Waals surface area contributed by atoms with Crippen LogP contribution in [0.3, 0.4) is 0 Å². The highest BCUT2D eigenvalue weighted by Crippen LogP contribution is 2.07. The average Bonchev–Trinajstić information content (AvgIpc) is 2.15. The first-order valence-corrected chi connectivity index (χ1v) is 4.41. The molecule has 0 aromatic heterocycles. The Balaban J connectivity index is 2.62. The lowest BCUT2D eigenvalue weighted by Gasteiger charge is -2.05. The van der Waals surface area contributed by atoms with E-state index in [1.54, 1.807) is 0 Å². The largest absolute Gasteiger partial charge is 0.264 e. The molecule has 0 saturated heterocycles. The average molecular weight is 179 g/mol. The maximum absolute atomic E-state index is 10.5. The van der Waals surface area contributed by atoms with E-state index < -0.39 is 6.04 Å². The molecule has 0 aliphatic carbocycles. The summed E-state index contributed by atoms with van der Waals surface area (Å²) in [7, 11) is 0. The van der Waals surface area contributed by atoms with Crippen LogP contribution in [0.2, 0.25) is 0 Å². The van der Waals surface area contributed by atoms with Gasteiger partial charge in [0.05, 0.1) is 0 Å². The lowest BCUT2D eigenvalue weighted by atomic mass is 10.1. The van der Waals surface area contributed by atoms with Gasteiger partial charge in [-0.25, -0.2) is 0 Å². The molecule has 3 nitrogen and oxygen atoms in total. The van der Waals surface area contributed by atoms with Crippen molar-refractivity contribution < 1.29 is 4.92 Å². The van der Waals surface area contributed by atoms with E-state index >= 15 is 0 Å². The molecule has 0 fully saturated rings. The molecule has 1 rings (SSSR count). The summed E-state index contributed by atoms with van der Waals surface area (Å²) in [5.41, 5.74) is 1.03. The molecule has 3 heteroatoms. The van der Waals surface area contributed by atoms with Crippen molar-refractivity contribution in [2.45, 2.75) is 25.8 Å². The summed E-state index contributed by atoms with van der Waals surface area (Å²) in [6, 6.07) is 9.13. The molecule has 0 aliphatic heterocycles. The third kappa shape index (κ3) is 2.86. The highest BCUT2D eigenvalue weighted by molar-refractivity contribution is 5.15. The first-order chi connectivity index (χ1) is 6.24. The Hall–Kier alpha value is -1.38. The van der Waals surface area contributed by atoms with E-state index in [1.807, 2.05) is 37.3 Å². The third-order valence-corrected chi connectivity index (χ3v) is 2.08. The predicted octanol–water partition coefficient (Wildman–Crippen LogP) is 2.28. The van der Waals surface area contributed by atoms with Gasteiger partial charge in [0.1, 0.15) is 0 Å². The first kappa shape index (κ1) is 9.71. The summed E-state index contributed by atoms with van der Waals surface area (Å²) >= 11 is 0. The van der Waals surface area contributed by atoms with E-state index in [1.165, 1.54) is 0 Å². The Bertz CT molecular complexity index is 272. The van der Waals surface area contributed by atoms with Crippen LogP contribution in [0.15, 0.2) is 30.3 Å². The molecule has 0 aliphatic rings. The van der Waals surface area contributed by atoms with E-state index in [-0.39, 0.29) is 4.92 Å². The minimum Gasteiger partial charge on any atom is -0.264 e. The van der Waals surface area contributed by atoms with E-state index in [4.69, 9.17) is 0 Å². The molecule has 1 atom stereocenters. The van der Waals surface area contributed by atoms with Gasteiger partial charge in [-0.05, 0) is 5.56 Å². The number of hydrogen-bond acceptors (Lipinski definition) is 2. The van der Waals surface area contributed by atoms with Crippen LogP contribution in [0.1, 0.15) is 18.9 Å². The molecule has 0 radical (unpaired) electrons. The molecule has 0 N–H and O–H groups in total. The van der Waals surface area contributed by atoms with Gasteiger partial charge in [-0.1, -0.05) is 37.3 Å².